The number of nitrogens with zero attached hydrogens (tertiary/aromatic N) is 4. The molecular weight excluding hydrogens is 400 g/mol. The second-order valence-electron chi connectivity index (χ2n) is 5.87. The molecule has 2 aromatic rings. The third-order valence-corrected chi connectivity index (χ3v) is 5.79. The van der Waals surface area contributed by atoms with E-state index >= 15 is 0 Å². The van der Waals surface area contributed by atoms with Crippen LogP contribution in [0.5, 0.6) is 5.75 Å². The second-order valence-corrected chi connectivity index (χ2v) is 7.92. The summed E-state index contributed by atoms with van der Waals surface area (Å²) in [7, 11) is 1.66. The van der Waals surface area contributed by atoms with Crippen LogP contribution in [0.4, 0.5) is 5.13 Å². The van der Waals surface area contributed by atoms with E-state index in [4.69, 9.17) is 9.84 Å². The predicted octanol–water partition coefficient (Wildman–Crippen LogP) is 3.19. The number of benzene rings is 1. The van der Waals surface area contributed by atoms with Crippen molar-refractivity contribution < 1.29 is 19.4 Å². The number of likely N-dealkylation sites (N-methyl/N-ethyl adjacent to an activating group) is 1. The zero-order valence-electron chi connectivity index (χ0n) is 15.4. The van der Waals surface area contributed by atoms with E-state index in [-0.39, 0.29) is 5.91 Å². The number of carboxylic acid groups (broad SMARTS) is 1. The minimum absolute atomic E-state index is 0.172. The van der Waals surface area contributed by atoms with Crippen LogP contribution in [0.1, 0.15) is 24.4 Å². The predicted molar refractivity (Wildman–Crippen MR) is 109 cm³/mol. The number of aliphatic carboxylic acids is 1. The highest BCUT2D eigenvalue weighted by molar-refractivity contribution is 8.18. The van der Waals surface area contributed by atoms with Crippen LogP contribution in [0.15, 0.2) is 34.2 Å². The lowest BCUT2D eigenvalue weighted by Gasteiger charge is -2.10. The number of aromatic nitrogens is 2. The van der Waals surface area contributed by atoms with Gasteiger partial charge in [-0.3, -0.25) is 9.69 Å². The molecule has 0 radical (unpaired) electrons. The van der Waals surface area contributed by atoms with Crippen molar-refractivity contribution in [3.63, 3.8) is 0 Å². The number of amides is 1. The van der Waals surface area contributed by atoms with Gasteiger partial charge in [-0.2, -0.15) is 4.99 Å². The molecule has 1 unspecified atom stereocenters. The number of carbonyl (C=O) groups is 2. The van der Waals surface area contributed by atoms with Crippen LogP contribution in [0.3, 0.4) is 0 Å². The van der Waals surface area contributed by atoms with Crippen molar-refractivity contribution in [3.8, 4) is 5.75 Å². The van der Waals surface area contributed by atoms with Crippen LogP contribution >= 0.6 is 23.1 Å². The van der Waals surface area contributed by atoms with Gasteiger partial charge in [0.1, 0.15) is 10.8 Å². The van der Waals surface area contributed by atoms with E-state index < -0.39 is 12.1 Å². The van der Waals surface area contributed by atoms with Crippen molar-refractivity contribution in [3.05, 3.63) is 39.7 Å². The Labute approximate surface area is 169 Å². The molecular formula is C18H18N4O4S2. The molecule has 3 rings (SSSR count). The van der Waals surface area contributed by atoms with Gasteiger partial charge in [-0.25, -0.2) is 4.79 Å². The van der Waals surface area contributed by atoms with Gasteiger partial charge in [0.25, 0.3) is 5.91 Å². The quantitative estimate of drug-likeness (QED) is 0.718. The molecule has 1 aromatic heterocycles. The number of aryl methyl sites for hydroxylation is 1. The third-order valence-electron chi connectivity index (χ3n) is 3.77. The van der Waals surface area contributed by atoms with Gasteiger partial charge in [-0.15, -0.1) is 10.2 Å². The van der Waals surface area contributed by atoms with Crippen molar-refractivity contribution in [1.29, 1.82) is 0 Å². The lowest BCUT2D eigenvalue weighted by atomic mass is 10.2. The molecule has 0 aliphatic carbocycles. The van der Waals surface area contributed by atoms with Gasteiger partial charge in [0.2, 0.25) is 5.13 Å². The molecule has 2 heterocycles. The first-order chi connectivity index (χ1) is 13.4. The van der Waals surface area contributed by atoms with E-state index in [0.717, 1.165) is 17.0 Å². The molecule has 1 fully saturated rings. The zero-order chi connectivity index (χ0) is 20.3. The average Bonchev–Trinajstić information content (AvgIpc) is 3.22. The first-order valence-electron chi connectivity index (χ1n) is 8.45. The van der Waals surface area contributed by atoms with E-state index in [1.807, 2.05) is 13.0 Å². The molecule has 28 heavy (non-hydrogen) atoms. The van der Waals surface area contributed by atoms with Crippen LogP contribution in [0.25, 0.3) is 6.08 Å². The van der Waals surface area contributed by atoms with Gasteiger partial charge < -0.3 is 9.84 Å². The fourth-order valence-corrected chi connectivity index (χ4v) is 3.93. The highest BCUT2D eigenvalue weighted by Crippen LogP contribution is 2.34. The standard InChI is InChI=1S/C18H18N4O4S2/c1-4-14-20-21-17(28-14)19-18-22(3)15(23)13(27-18)9-11-6-5-7-12(8-11)26-10(2)16(24)25/h5-10H,4H2,1-3H3,(H,24,25)/b13-9+,19-18+. The summed E-state index contributed by atoms with van der Waals surface area (Å²) in [5, 5.41) is 18.9. The Morgan fingerprint density at radius 1 is 1.43 bits per heavy atom. The van der Waals surface area contributed by atoms with E-state index in [9.17, 15) is 9.59 Å². The number of hydrogen-bond donors (Lipinski definition) is 1. The van der Waals surface area contributed by atoms with Crippen molar-refractivity contribution in [2.75, 3.05) is 7.05 Å². The molecule has 0 spiro atoms. The van der Waals surface area contributed by atoms with Crippen molar-refractivity contribution in [2.45, 2.75) is 26.4 Å². The molecule has 1 aliphatic rings. The summed E-state index contributed by atoms with van der Waals surface area (Å²) < 4.78 is 5.37. The summed E-state index contributed by atoms with van der Waals surface area (Å²) in [5.41, 5.74) is 0.727. The molecule has 8 nitrogen and oxygen atoms in total. The molecule has 1 aliphatic heterocycles. The highest BCUT2D eigenvalue weighted by Gasteiger charge is 2.30. The Bertz CT molecular complexity index is 970. The molecule has 0 bridgehead atoms. The van der Waals surface area contributed by atoms with Gasteiger partial charge in [0, 0.05) is 7.05 Å². The average molecular weight is 419 g/mol. The first kappa shape index (κ1) is 20.0. The highest BCUT2D eigenvalue weighted by atomic mass is 32.2. The second kappa shape index (κ2) is 8.53. The Hall–Kier alpha value is -2.72. The van der Waals surface area contributed by atoms with E-state index in [1.165, 1.54) is 34.9 Å². The van der Waals surface area contributed by atoms with Crippen LogP contribution in [-0.2, 0) is 16.0 Å². The number of ether oxygens (including phenoxy) is 1. The summed E-state index contributed by atoms with van der Waals surface area (Å²) in [5.74, 6) is -0.798. The lowest BCUT2D eigenvalue weighted by Crippen LogP contribution is -2.23. The summed E-state index contributed by atoms with van der Waals surface area (Å²) in [6.45, 7) is 3.45. The van der Waals surface area contributed by atoms with Crippen molar-refractivity contribution in [2.24, 2.45) is 4.99 Å². The van der Waals surface area contributed by atoms with Crippen LogP contribution in [-0.4, -0.2) is 50.4 Å². The number of thioether (sulfide) groups is 1. The maximum absolute atomic E-state index is 12.5. The minimum atomic E-state index is -1.05. The van der Waals surface area contributed by atoms with Crippen molar-refractivity contribution >= 4 is 51.4 Å². The Balaban J connectivity index is 1.81. The number of hydrogen-bond acceptors (Lipinski definition) is 8. The molecule has 1 N–H and O–H groups in total. The third kappa shape index (κ3) is 4.57. The van der Waals surface area contributed by atoms with Gasteiger partial charge in [-0.05, 0) is 48.9 Å². The number of rotatable bonds is 6. The number of amidine groups is 1. The zero-order valence-corrected chi connectivity index (χ0v) is 17.1. The molecule has 1 amide bonds. The molecule has 1 aromatic carbocycles. The topological polar surface area (TPSA) is 105 Å². The van der Waals surface area contributed by atoms with Gasteiger partial charge >= 0.3 is 5.97 Å². The molecule has 1 atom stereocenters. The summed E-state index contributed by atoms with van der Waals surface area (Å²) in [6.07, 6.45) is 1.55. The SMILES string of the molecule is CCc1nnc(/N=C2/S/C(=C/c3cccc(OC(C)C(=O)O)c3)C(=O)N2C)s1. The monoisotopic (exact) mass is 418 g/mol. The Morgan fingerprint density at radius 3 is 2.89 bits per heavy atom. The van der Waals surface area contributed by atoms with Crippen LogP contribution in [0, 0.1) is 0 Å². The number of carbonyl (C=O) groups excluding carboxylic acids is 1. The minimum Gasteiger partial charge on any atom is -0.479 e. The summed E-state index contributed by atoms with van der Waals surface area (Å²) >= 11 is 2.64. The van der Waals surface area contributed by atoms with Crippen molar-refractivity contribution in [1.82, 2.24) is 15.1 Å². The molecule has 10 heteroatoms. The maximum atomic E-state index is 12.5. The normalized spacial score (nSPS) is 18.1. The Morgan fingerprint density at radius 2 is 2.21 bits per heavy atom. The summed E-state index contributed by atoms with van der Waals surface area (Å²) in [6, 6.07) is 6.91. The summed E-state index contributed by atoms with van der Waals surface area (Å²) in [4.78, 5) is 29.9. The van der Waals surface area contributed by atoms with Gasteiger partial charge in [0.05, 0.1) is 4.91 Å². The van der Waals surface area contributed by atoms with Gasteiger partial charge in [0.15, 0.2) is 11.3 Å². The number of carboxylic acids is 1. The Kier molecular flexibility index (Phi) is 6.10. The first-order valence-corrected chi connectivity index (χ1v) is 10.1. The maximum Gasteiger partial charge on any atom is 0.344 e. The fourth-order valence-electron chi connectivity index (χ4n) is 2.25. The van der Waals surface area contributed by atoms with Gasteiger partial charge in [-0.1, -0.05) is 30.4 Å². The molecule has 0 saturated carbocycles. The largest absolute Gasteiger partial charge is 0.479 e. The van der Waals surface area contributed by atoms with E-state index in [2.05, 4.69) is 15.2 Å². The lowest BCUT2D eigenvalue weighted by molar-refractivity contribution is -0.144. The fraction of sp³-hybridized carbons (Fsp3) is 0.278. The van der Waals surface area contributed by atoms with E-state index in [1.54, 1.807) is 31.3 Å². The van der Waals surface area contributed by atoms with Crippen LogP contribution in [0.2, 0.25) is 0 Å². The number of aliphatic imine (C=N–C) groups is 1. The van der Waals surface area contributed by atoms with Crippen LogP contribution < -0.4 is 4.74 Å². The molecule has 146 valence electrons. The smallest absolute Gasteiger partial charge is 0.344 e. The van der Waals surface area contributed by atoms with E-state index in [0.29, 0.717) is 21.0 Å². The molecule has 1 saturated heterocycles.